The van der Waals surface area contributed by atoms with E-state index in [0.29, 0.717) is 0 Å². The third kappa shape index (κ3) is 8.29. The van der Waals surface area contributed by atoms with Crippen molar-refractivity contribution >= 4 is 10.8 Å². The van der Waals surface area contributed by atoms with Crippen molar-refractivity contribution in [3.8, 4) is 67.0 Å². The summed E-state index contributed by atoms with van der Waals surface area (Å²) < 4.78 is 0. The van der Waals surface area contributed by atoms with Crippen LogP contribution in [0.25, 0.3) is 77.8 Å². The molecule has 7 aromatic carbocycles. The number of pyridine rings is 2. The molecular weight excluding hydrogens is 821 g/mol. The van der Waals surface area contributed by atoms with Crippen LogP contribution in [-0.2, 0) is 20.1 Å². The summed E-state index contributed by atoms with van der Waals surface area (Å²) in [6, 6.07) is 73.9. The summed E-state index contributed by atoms with van der Waals surface area (Å²) in [5, 5.41) is 2.32. The molecule has 9 rings (SSSR count). The topological polar surface area (TPSA) is 25.8 Å². The van der Waals surface area contributed by atoms with Gasteiger partial charge in [-0.1, -0.05) is 115 Å². The van der Waals surface area contributed by atoms with E-state index < -0.39 is 0 Å². The zero-order chi connectivity index (χ0) is 35.0. The van der Waals surface area contributed by atoms with Gasteiger partial charge in [-0.15, -0.1) is 71.3 Å². The van der Waals surface area contributed by atoms with E-state index >= 15 is 0 Å². The normalized spacial score (nSPS) is 10.5. The Balaban J connectivity index is 0.000000284. The zero-order valence-electron chi connectivity index (χ0n) is 28.9. The van der Waals surface area contributed by atoms with Gasteiger partial charge in [-0.3, -0.25) is 0 Å². The van der Waals surface area contributed by atoms with E-state index in [0.717, 1.165) is 33.5 Å². The molecule has 1 radical (unpaired) electrons. The number of benzene rings is 7. The van der Waals surface area contributed by atoms with Crippen LogP contribution in [0.15, 0.2) is 207 Å². The molecule has 3 heteroatoms. The van der Waals surface area contributed by atoms with Crippen molar-refractivity contribution in [2.75, 3.05) is 0 Å². The molecule has 0 fully saturated rings. The second-order valence-corrected chi connectivity index (χ2v) is 12.5. The molecule has 0 aliphatic carbocycles. The monoisotopic (exact) mass is 855 g/mol. The predicted octanol–water partition coefficient (Wildman–Crippen LogP) is 12.9. The maximum absolute atomic E-state index is 4.72. The second-order valence-electron chi connectivity index (χ2n) is 12.5. The summed E-state index contributed by atoms with van der Waals surface area (Å²) >= 11 is 0. The quantitative estimate of drug-likeness (QED) is 0.156. The Bertz CT molecular complexity index is 2450. The smallest absolute Gasteiger partial charge is 0.0167 e. The van der Waals surface area contributed by atoms with E-state index in [9.17, 15) is 0 Å². The Kier molecular flexibility index (Phi) is 11.2. The molecule has 0 unspecified atom stereocenters. The van der Waals surface area contributed by atoms with E-state index in [1.807, 2.05) is 54.7 Å². The van der Waals surface area contributed by atoms with Gasteiger partial charge >= 0.3 is 0 Å². The molecule has 0 spiro atoms. The van der Waals surface area contributed by atoms with E-state index in [1.165, 1.54) is 44.3 Å². The van der Waals surface area contributed by atoms with Gasteiger partial charge in [-0.2, -0.15) is 0 Å². The Morgan fingerprint density at radius 1 is 0.340 bits per heavy atom. The maximum atomic E-state index is 4.72. The summed E-state index contributed by atoms with van der Waals surface area (Å²) in [6.45, 7) is 0. The van der Waals surface area contributed by atoms with Gasteiger partial charge in [0.05, 0.1) is 0 Å². The fraction of sp³-hybridized carbons (Fsp3) is 0. The molecule has 0 bridgehead atoms. The van der Waals surface area contributed by atoms with Gasteiger partial charge in [0.1, 0.15) is 0 Å². The fourth-order valence-electron chi connectivity index (χ4n) is 6.46. The SMILES string of the molecule is [Ir].[c-]1ccc(-c2cccc(-c3cc(-c4ccccc4)cc(-c4ccccc4)c3)c2)cc1-c1nccc2ccccc12.[c-]1ccccc1-c1ccccn1. The van der Waals surface area contributed by atoms with Crippen LogP contribution in [0, 0.1) is 12.1 Å². The van der Waals surface area contributed by atoms with Gasteiger partial charge in [-0.05, 0) is 97.5 Å². The van der Waals surface area contributed by atoms with Gasteiger partial charge in [0.15, 0.2) is 0 Å². The van der Waals surface area contributed by atoms with E-state index in [-0.39, 0.29) is 20.1 Å². The number of fused-ring (bicyclic) bond motifs is 1. The molecule has 2 nitrogen and oxygen atoms in total. The van der Waals surface area contributed by atoms with Gasteiger partial charge in [0.2, 0.25) is 0 Å². The number of aromatic nitrogens is 2. The first-order valence-electron chi connectivity index (χ1n) is 17.4. The van der Waals surface area contributed by atoms with E-state index in [4.69, 9.17) is 4.98 Å². The average molecular weight is 855 g/mol. The molecule has 0 aliphatic rings. The molecule has 2 aromatic heterocycles. The first-order valence-corrected chi connectivity index (χ1v) is 17.4. The van der Waals surface area contributed by atoms with Crippen molar-refractivity contribution in [1.29, 1.82) is 0 Å². The van der Waals surface area contributed by atoms with Crippen molar-refractivity contribution in [2.45, 2.75) is 0 Å². The van der Waals surface area contributed by atoms with Crippen molar-refractivity contribution in [1.82, 2.24) is 9.97 Å². The van der Waals surface area contributed by atoms with Crippen LogP contribution in [0.4, 0.5) is 0 Å². The average Bonchev–Trinajstić information content (AvgIpc) is 3.25. The number of hydrogen-bond acceptors (Lipinski definition) is 2. The molecule has 0 amide bonds. The van der Waals surface area contributed by atoms with Crippen LogP contribution < -0.4 is 0 Å². The third-order valence-electron chi connectivity index (χ3n) is 9.06. The van der Waals surface area contributed by atoms with Crippen LogP contribution in [0.2, 0.25) is 0 Å². The molecule has 53 heavy (non-hydrogen) atoms. The molecule has 0 saturated carbocycles. The first kappa shape index (κ1) is 35.2. The molecule has 0 aliphatic heterocycles. The number of nitrogens with zero attached hydrogens (tertiary/aromatic N) is 2. The molecule has 255 valence electrons. The fourth-order valence-corrected chi connectivity index (χ4v) is 6.46. The van der Waals surface area contributed by atoms with Crippen molar-refractivity contribution in [3.63, 3.8) is 0 Å². The van der Waals surface area contributed by atoms with Crippen LogP contribution in [0.1, 0.15) is 0 Å². The Morgan fingerprint density at radius 3 is 1.58 bits per heavy atom. The molecule has 0 saturated heterocycles. The Morgan fingerprint density at radius 2 is 0.906 bits per heavy atom. The number of rotatable bonds is 6. The third-order valence-corrected chi connectivity index (χ3v) is 9.06. The summed E-state index contributed by atoms with van der Waals surface area (Å²) in [5.74, 6) is 0. The van der Waals surface area contributed by atoms with Gasteiger partial charge in [0, 0.05) is 32.5 Å². The summed E-state index contributed by atoms with van der Waals surface area (Å²) in [6.07, 6.45) is 3.67. The van der Waals surface area contributed by atoms with Crippen molar-refractivity contribution < 1.29 is 20.1 Å². The van der Waals surface area contributed by atoms with Crippen LogP contribution in [-0.4, -0.2) is 9.97 Å². The molecule has 0 atom stereocenters. The van der Waals surface area contributed by atoms with Crippen LogP contribution >= 0.6 is 0 Å². The standard InChI is InChI=1S/C39H26N.C11H8N.Ir/c1-3-11-28(12-4-1)35-25-36(29-13-5-2-6-14-29)27-37(26-35)33-18-9-16-31(23-33)32-17-10-19-34(24-32)39-38-20-8-7-15-30(38)21-22-40-39;1-2-6-10(7-3-1)11-8-4-5-9-12-11;/h1-18,20-27H;1-6,8-9H;/q2*-1;. The largest absolute Gasteiger partial charge is 0.305 e. The summed E-state index contributed by atoms with van der Waals surface area (Å²) in [4.78, 5) is 8.94. The minimum absolute atomic E-state index is 0. The minimum Gasteiger partial charge on any atom is -0.305 e. The van der Waals surface area contributed by atoms with E-state index in [2.05, 4.69) is 163 Å². The van der Waals surface area contributed by atoms with Gasteiger partial charge < -0.3 is 9.97 Å². The predicted molar refractivity (Wildman–Crippen MR) is 216 cm³/mol. The van der Waals surface area contributed by atoms with E-state index in [1.54, 1.807) is 6.20 Å². The molecule has 2 heterocycles. The molecule has 0 N–H and O–H groups in total. The number of hydrogen-bond donors (Lipinski definition) is 0. The van der Waals surface area contributed by atoms with Crippen molar-refractivity contribution in [3.05, 3.63) is 219 Å². The van der Waals surface area contributed by atoms with Crippen molar-refractivity contribution in [2.24, 2.45) is 0 Å². The zero-order valence-corrected chi connectivity index (χ0v) is 31.3. The minimum atomic E-state index is 0. The summed E-state index contributed by atoms with van der Waals surface area (Å²) in [5.41, 5.74) is 13.5. The molecule has 9 aromatic rings. The molecular formula is C50H34IrN2-2. The maximum Gasteiger partial charge on any atom is 0.0167 e. The van der Waals surface area contributed by atoms with Crippen LogP contribution in [0.3, 0.4) is 0 Å². The Hall–Kier alpha value is -6.25. The van der Waals surface area contributed by atoms with Crippen LogP contribution in [0.5, 0.6) is 0 Å². The summed E-state index contributed by atoms with van der Waals surface area (Å²) in [7, 11) is 0. The second kappa shape index (κ2) is 16.8. The van der Waals surface area contributed by atoms with Gasteiger partial charge in [0.25, 0.3) is 0 Å². The first-order chi connectivity index (χ1) is 25.8. The van der Waals surface area contributed by atoms with Gasteiger partial charge in [-0.25, -0.2) is 0 Å². The Labute approximate surface area is 324 Å².